The molecule has 1 aliphatic heterocycles. The molecule has 3 aromatic rings. The third-order valence-electron chi connectivity index (χ3n) is 4.32. The maximum Gasteiger partial charge on any atom is 0.423 e. The van der Waals surface area contributed by atoms with Crippen molar-refractivity contribution in [3.8, 4) is 5.69 Å². The van der Waals surface area contributed by atoms with Crippen LogP contribution in [0.4, 0.5) is 10.7 Å². The molecule has 1 aliphatic rings. The second kappa shape index (κ2) is 7.83. The van der Waals surface area contributed by atoms with Gasteiger partial charge in [-0.2, -0.15) is 0 Å². The zero-order valence-corrected chi connectivity index (χ0v) is 15.6. The Kier molecular flexibility index (Phi) is 5.09. The molecule has 0 spiro atoms. The predicted molar refractivity (Wildman–Crippen MR) is 104 cm³/mol. The molecule has 0 bridgehead atoms. The van der Waals surface area contributed by atoms with Crippen LogP contribution >= 0.6 is 11.3 Å². The van der Waals surface area contributed by atoms with Crippen LogP contribution < -0.4 is 16.0 Å². The zero-order valence-electron chi connectivity index (χ0n) is 14.8. The molecule has 0 radical (unpaired) electrons. The van der Waals surface area contributed by atoms with E-state index in [9.17, 15) is 14.4 Å². The van der Waals surface area contributed by atoms with E-state index in [0.29, 0.717) is 37.4 Å². The average Bonchev–Trinajstić information content (AvgIpc) is 3.29. The number of hydrogen-bond acceptors (Lipinski definition) is 6. The van der Waals surface area contributed by atoms with E-state index in [1.54, 1.807) is 41.4 Å². The van der Waals surface area contributed by atoms with Gasteiger partial charge in [-0.3, -0.25) is 9.59 Å². The van der Waals surface area contributed by atoms with Crippen molar-refractivity contribution in [3.05, 3.63) is 63.8 Å². The molecule has 2 aromatic heterocycles. The van der Waals surface area contributed by atoms with Crippen LogP contribution in [0.15, 0.2) is 51.8 Å². The Morgan fingerprint density at radius 2 is 1.89 bits per heavy atom. The van der Waals surface area contributed by atoms with Crippen molar-refractivity contribution in [3.63, 3.8) is 0 Å². The summed E-state index contributed by atoms with van der Waals surface area (Å²) < 4.78 is 11.9. The molecule has 1 saturated heterocycles. The van der Waals surface area contributed by atoms with E-state index in [4.69, 9.17) is 9.15 Å². The van der Waals surface area contributed by atoms with Crippen molar-refractivity contribution in [1.82, 2.24) is 4.57 Å². The van der Waals surface area contributed by atoms with Crippen molar-refractivity contribution in [2.24, 2.45) is 0 Å². The first-order chi connectivity index (χ1) is 13.6. The molecule has 0 saturated carbocycles. The minimum atomic E-state index is -0.479. The van der Waals surface area contributed by atoms with Crippen LogP contribution in [0.3, 0.4) is 0 Å². The average molecular weight is 399 g/mol. The predicted octanol–water partition coefficient (Wildman–Crippen LogP) is 2.01. The van der Waals surface area contributed by atoms with E-state index < -0.39 is 5.76 Å². The third-order valence-corrected chi connectivity index (χ3v) is 5.34. The molecule has 3 heterocycles. The number of thiophene rings is 1. The third kappa shape index (κ3) is 3.75. The largest absolute Gasteiger partial charge is 0.423 e. The van der Waals surface area contributed by atoms with Gasteiger partial charge in [-0.25, -0.2) is 9.36 Å². The molecule has 28 heavy (non-hydrogen) atoms. The van der Waals surface area contributed by atoms with Crippen molar-refractivity contribution in [1.29, 1.82) is 0 Å². The lowest BCUT2D eigenvalue weighted by molar-refractivity contribution is -0.125. The molecule has 0 aliphatic carbocycles. The number of carbonyl (C=O) groups excluding carboxylic acids is 2. The monoisotopic (exact) mass is 399 g/mol. The number of aromatic nitrogens is 1. The van der Waals surface area contributed by atoms with Gasteiger partial charge in [0.2, 0.25) is 6.41 Å². The van der Waals surface area contributed by atoms with E-state index in [1.165, 1.54) is 15.9 Å². The summed E-state index contributed by atoms with van der Waals surface area (Å²) in [6.07, 6.45) is 2.73. The number of morpholine rings is 1. The van der Waals surface area contributed by atoms with Gasteiger partial charge in [0.1, 0.15) is 12.4 Å². The summed E-state index contributed by atoms with van der Waals surface area (Å²) in [6, 6.07) is 10.8. The molecule has 1 fully saturated rings. The van der Waals surface area contributed by atoms with Crippen LogP contribution in [0.5, 0.6) is 0 Å². The van der Waals surface area contributed by atoms with Gasteiger partial charge in [0, 0.05) is 23.5 Å². The van der Waals surface area contributed by atoms with E-state index in [1.807, 2.05) is 6.07 Å². The Hall–Kier alpha value is -3.17. The number of benzene rings is 1. The minimum Gasteiger partial charge on any atom is -0.412 e. The van der Waals surface area contributed by atoms with Gasteiger partial charge >= 0.3 is 5.76 Å². The highest BCUT2D eigenvalue weighted by molar-refractivity contribution is 7.16. The lowest BCUT2D eigenvalue weighted by atomic mass is 10.2. The molecule has 0 atom stereocenters. The molecule has 1 aromatic carbocycles. The van der Waals surface area contributed by atoms with Crippen LogP contribution in [0.1, 0.15) is 10.6 Å². The quantitative estimate of drug-likeness (QED) is 0.640. The van der Waals surface area contributed by atoms with Gasteiger partial charge in [0.15, 0.2) is 0 Å². The maximum atomic E-state index is 12.2. The zero-order chi connectivity index (χ0) is 19.5. The fourth-order valence-corrected chi connectivity index (χ4v) is 3.89. The number of oxazole rings is 1. The summed E-state index contributed by atoms with van der Waals surface area (Å²) >= 11 is 1.42. The Morgan fingerprint density at radius 1 is 1.11 bits per heavy atom. The highest BCUT2D eigenvalue weighted by Crippen LogP contribution is 2.24. The number of nitrogens with zero attached hydrogens (tertiary/aromatic N) is 2. The van der Waals surface area contributed by atoms with Crippen molar-refractivity contribution in [2.75, 3.05) is 30.0 Å². The van der Waals surface area contributed by atoms with Gasteiger partial charge in [0.25, 0.3) is 5.91 Å². The topological polar surface area (TPSA) is 93.8 Å². The van der Waals surface area contributed by atoms with E-state index in [-0.39, 0.29) is 12.5 Å². The van der Waals surface area contributed by atoms with Crippen LogP contribution in [-0.4, -0.2) is 36.6 Å². The Labute approximate surface area is 164 Å². The molecular formula is C19H17N3O5S. The lowest BCUT2D eigenvalue weighted by Crippen LogP contribution is -2.41. The summed E-state index contributed by atoms with van der Waals surface area (Å²) in [5.74, 6) is -0.0360. The fraction of sp³-hybridized carbons (Fsp3) is 0.211. The number of amides is 2. The maximum absolute atomic E-state index is 12.2. The summed E-state index contributed by atoms with van der Waals surface area (Å²) in [5.41, 5.74) is 1.42. The number of anilines is 2. The smallest absolute Gasteiger partial charge is 0.412 e. The summed E-state index contributed by atoms with van der Waals surface area (Å²) in [7, 11) is 0. The number of carbonyl (C=O) groups is 2. The highest BCUT2D eigenvalue weighted by atomic mass is 32.1. The molecule has 8 nitrogen and oxygen atoms in total. The van der Waals surface area contributed by atoms with E-state index in [2.05, 4.69) is 5.32 Å². The lowest BCUT2D eigenvalue weighted by Gasteiger charge is -2.26. The van der Waals surface area contributed by atoms with Gasteiger partial charge < -0.3 is 19.4 Å². The standard InChI is InChI=1S/C19H17N3O5S/c23-12-20-17-6-5-16(28-17)9-15-10-22(19(25)27-15)14-3-1-13(2-4-14)21-7-8-26-11-18(21)24/h1-6,10,12H,7-9,11H2,(H,20,23). The Morgan fingerprint density at radius 3 is 2.64 bits per heavy atom. The molecular weight excluding hydrogens is 382 g/mol. The normalized spacial score (nSPS) is 14.3. The van der Waals surface area contributed by atoms with Gasteiger partial charge in [0.05, 0.1) is 23.5 Å². The molecule has 2 amide bonds. The van der Waals surface area contributed by atoms with Gasteiger partial charge in [-0.05, 0) is 36.4 Å². The minimum absolute atomic E-state index is 0.0823. The molecule has 4 rings (SSSR count). The van der Waals surface area contributed by atoms with Crippen molar-refractivity contribution >= 4 is 34.3 Å². The first-order valence-corrected chi connectivity index (χ1v) is 9.44. The van der Waals surface area contributed by atoms with Crippen LogP contribution in [0.2, 0.25) is 0 Å². The van der Waals surface area contributed by atoms with Crippen molar-refractivity contribution < 1.29 is 18.7 Å². The number of hydrogen-bond donors (Lipinski definition) is 1. The van der Waals surface area contributed by atoms with Crippen LogP contribution in [0.25, 0.3) is 5.69 Å². The molecule has 1 N–H and O–H groups in total. The Balaban J connectivity index is 1.52. The molecule has 144 valence electrons. The van der Waals surface area contributed by atoms with Crippen LogP contribution in [-0.2, 0) is 20.7 Å². The summed E-state index contributed by atoms with van der Waals surface area (Å²) in [5, 5.41) is 3.33. The van der Waals surface area contributed by atoms with Crippen molar-refractivity contribution in [2.45, 2.75) is 6.42 Å². The first kappa shape index (κ1) is 18.2. The molecule has 9 heteroatoms. The number of rotatable bonds is 6. The highest BCUT2D eigenvalue weighted by Gasteiger charge is 2.20. The first-order valence-electron chi connectivity index (χ1n) is 8.63. The van der Waals surface area contributed by atoms with Crippen LogP contribution in [0, 0.1) is 0 Å². The number of nitrogens with one attached hydrogen (secondary N) is 1. The second-order valence-corrected chi connectivity index (χ2v) is 7.32. The number of ether oxygens (including phenoxy) is 1. The summed E-state index contributed by atoms with van der Waals surface area (Å²) in [4.78, 5) is 37.3. The second-order valence-electron chi connectivity index (χ2n) is 6.15. The fourth-order valence-electron chi connectivity index (χ4n) is 3.01. The SMILES string of the molecule is O=CNc1ccc(Cc2cn(-c3ccc(N4CCOCC4=O)cc3)c(=O)o2)s1. The van der Waals surface area contributed by atoms with E-state index in [0.717, 1.165) is 15.6 Å². The van der Waals surface area contributed by atoms with Gasteiger partial charge in [-0.1, -0.05) is 0 Å². The van der Waals surface area contributed by atoms with E-state index >= 15 is 0 Å². The Bertz CT molecular complexity index is 1050. The summed E-state index contributed by atoms with van der Waals surface area (Å²) in [6.45, 7) is 1.10. The van der Waals surface area contributed by atoms with Gasteiger partial charge in [-0.15, -0.1) is 11.3 Å². The molecule has 0 unspecified atom stereocenters.